The number of aryl methyl sites for hydroxylation is 1. The Morgan fingerprint density at radius 3 is 2.91 bits per heavy atom. The Balaban J connectivity index is 1.67. The first-order valence-corrected chi connectivity index (χ1v) is 8.75. The van der Waals surface area contributed by atoms with Crippen LogP contribution in [-0.4, -0.2) is 15.9 Å². The number of nitro benzene ring substituents is 1. The van der Waals surface area contributed by atoms with Crippen molar-refractivity contribution in [3.05, 3.63) is 39.6 Å². The Kier molecular flexibility index (Phi) is 3.60. The van der Waals surface area contributed by atoms with Crippen LogP contribution in [0.25, 0.3) is 10.9 Å². The normalized spacial score (nSPS) is 27.3. The number of benzene rings is 1. The molecule has 2 aliphatic rings. The van der Waals surface area contributed by atoms with Gasteiger partial charge in [0.15, 0.2) is 0 Å². The van der Waals surface area contributed by atoms with Gasteiger partial charge >= 0.3 is 0 Å². The summed E-state index contributed by atoms with van der Waals surface area (Å²) < 4.78 is 0. The highest BCUT2D eigenvalue weighted by molar-refractivity contribution is 5.87. The largest absolute Gasteiger partial charge is 0.353 e. The highest BCUT2D eigenvalue weighted by atomic mass is 16.6. The summed E-state index contributed by atoms with van der Waals surface area (Å²) in [5.41, 5.74) is 3.85. The number of nitrogens with one attached hydrogen (secondary N) is 1. The Bertz CT molecular complexity index is 752. The molecule has 0 saturated heterocycles. The van der Waals surface area contributed by atoms with E-state index in [0.29, 0.717) is 6.04 Å². The predicted octanol–water partition coefficient (Wildman–Crippen LogP) is 3.21. The zero-order chi connectivity index (χ0) is 16.0. The summed E-state index contributed by atoms with van der Waals surface area (Å²) in [6.45, 7) is 2.35. The highest BCUT2D eigenvalue weighted by Gasteiger charge is 2.32. The van der Waals surface area contributed by atoms with Crippen LogP contribution in [0, 0.1) is 16.0 Å². The quantitative estimate of drug-likeness (QED) is 0.674. The molecular weight excluding hydrogens is 290 g/mol. The van der Waals surface area contributed by atoms with E-state index in [-0.39, 0.29) is 10.6 Å². The van der Waals surface area contributed by atoms with Crippen molar-refractivity contribution in [2.75, 3.05) is 0 Å². The smallest absolute Gasteiger partial charge is 0.270 e. The number of non-ortho nitro benzene ring substituents is 1. The number of fused-ring (bicyclic) bond motifs is 3. The van der Waals surface area contributed by atoms with Crippen LogP contribution in [0.15, 0.2) is 18.2 Å². The van der Waals surface area contributed by atoms with Gasteiger partial charge in [-0.25, -0.2) is 0 Å². The van der Waals surface area contributed by atoms with Crippen LogP contribution in [0.3, 0.4) is 0 Å². The standard InChI is InChI=1S/C18H23N3O2/c1-11-5-6-12(9-11)19-17-4-2-3-14-15-10-13(21(22)23)7-8-16(15)20-18(14)17/h7-8,10-12,17,19-20H,2-6,9H2,1H3/p+1/t11-,12-,17+/m0/s1. The molecule has 2 aliphatic carbocycles. The summed E-state index contributed by atoms with van der Waals surface area (Å²) in [7, 11) is 0. The van der Waals surface area contributed by atoms with Crippen LogP contribution in [0.5, 0.6) is 0 Å². The number of quaternary nitrogens is 1. The van der Waals surface area contributed by atoms with Crippen LogP contribution in [0.1, 0.15) is 56.3 Å². The van der Waals surface area contributed by atoms with Crippen LogP contribution in [0.2, 0.25) is 0 Å². The SMILES string of the molecule is C[C@H]1CC[C@H]([NH2+][C@@H]2CCCc3c2[nH]c2ccc([N+](=O)[O-])cc32)C1. The maximum atomic E-state index is 11.0. The second-order valence-corrected chi connectivity index (χ2v) is 7.37. The fourth-order valence-corrected chi connectivity index (χ4v) is 4.55. The molecule has 122 valence electrons. The number of nitro groups is 1. The molecule has 1 aromatic carbocycles. The van der Waals surface area contributed by atoms with Crippen LogP contribution in [-0.2, 0) is 6.42 Å². The lowest BCUT2D eigenvalue weighted by molar-refractivity contribution is -0.728. The minimum absolute atomic E-state index is 0.190. The molecular formula is C18H24N3O2+. The first-order chi connectivity index (χ1) is 11.1. The van der Waals surface area contributed by atoms with E-state index in [1.54, 1.807) is 12.1 Å². The maximum Gasteiger partial charge on any atom is 0.270 e. The molecule has 1 saturated carbocycles. The van der Waals surface area contributed by atoms with Gasteiger partial charge in [0.25, 0.3) is 5.69 Å². The van der Waals surface area contributed by atoms with Gasteiger partial charge in [-0.15, -0.1) is 0 Å². The molecule has 2 aromatic rings. The lowest BCUT2D eigenvalue weighted by Gasteiger charge is -2.24. The number of nitrogens with two attached hydrogens (primary N) is 1. The first-order valence-electron chi connectivity index (χ1n) is 8.75. The zero-order valence-corrected chi connectivity index (χ0v) is 13.5. The molecule has 3 N–H and O–H groups in total. The molecule has 0 spiro atoms. The van der Waals surface area contributed by atoms with Crippen LogP contribution < -0.4 is 5.32 Å². The topological polar surface area (TPSA) is 75.5 Å². The van der Waals surface area contributed by atoms with Gasteiger partial charge in [-0.1, -0.05) is 6.92 Å². The molecule has 0 amide bonds. The fourth-order valence-electron chi connectivity index (χ4n) is 4.55. The third kappa shape index (κ3) is 2.63. The molecule has 1 fully saturated rings. The number of nitrogens with zero attached hydrogens (tertiary/aromatic N) is 1. The molecule has 0 bridgehead atoms. The van der Waals surface area contributed by atoms with Gasteiger partial charge in [0.2, 0.25) is 0 Å². The van der Waals surface area contributed by atoms with Crippen molar-refractivity contribution in [2.45, 2.75) is 57.5 Å². The molecule has 0 unspecified atom stereocenters. The van der Waals surface area contributed by atoms with E-state index in [9.17, 15) is 10.1 Å². The molecule has 1 heterocycles. The van der Waals surface area contributed by atoms with Crippen molar-refractivity contribution >= 4 is 16.6 Å². The molecule has 5 nitrogen and oxygen atoms in total. The Hall–Kier alpha value is -1.88. The van der Waals surface area contributed by atoms with Crippen molar-refractivity contribution in [1.82, 2.24) is 4.98 Å². The first kappa shape index (κ1) is 14.7. The van der Waals surface area contributed by atoms with Gasteiger partial charge in [-0.05, 0) is 43.2 Å². The van der Waals surface area contributed by atoms with Crippen LogP contribution in [0.4, 0.5) is 5.69 Å². The zero-order valence-electron chi connectivity index (χ0n) is 13.5. The number of hydrogen-bond acceptors (Lipinski definition) is 2. The Morgan fingerprint density at radius 1 is 1.30 bits per heavy atom. The van der Waals surface area contributed by atoms with E-state index >= 15 is 0 Å². The lowest BCUT2D eigenvalue weighted by atomic mass is 9.91. The summed E-state index contributed by atoms with van der Waals surface area (Å²) in [5.74, 6) is 0.852. The second-order valence-electron chi connectivity index (χ2n) is 7.37. The maximum absolute atomic E-state index is 11.0. The molecule has 3 atom stereocenters. The van der Waals surface area contributed by atoms with Gasteiger partial charge < -0.3 is 10.3 Å². The molecule has 1 aromatic heterocycles. The summed E-state index contributed by atoms with van der Waals surface area (Å²) in [4.78, 5) is 14.3. The lowest BCUT2D eigenvalue weighted by Crippen LogP contribution is -2.90. The van der Waals surface area contributed by atoms with Gasteiger partial charge in [0.05, 0.1) is 16.7 Å². The van der Waals surface area contributed by atoms with Crippen molar-refractivity contribution in [3.63, 3.8) is 0 Å². The molecule has 0 radical (unpaired) electrons. The van der Waals surface area contributed by atoms with Gasteiger partial charge in [0.1, 0.15) is 6.04 Å². The molecule has 5 heteroatoms. The number of rotatable bonds is 3. The number of H-pyrrole nitrogens is 1. The third-order valence-corrected chi connectivity index (χ3v) is 5.69. The molecule has 23 heavy (non-hydrogen) atoms. The van der Waals surface area contributed by atoms with Gasteiger partial charge in [-0.2, -0.15) is 0 Å². The van der Waals surface area contributed by atoms with Gasteiger partial charge in [0, 0.05) is 35.9 Å². The van der Waals surface area contributed by atoms with E-state index in [0.717, 1.165) is 29.3 Å². The predicted molar refractivity (Wildman–Crippen MR) is 89.4 cm³/mol. The summed E-state index contributed by atoms with van der Waals surface area (Å²) >= 11 is 0. The number of aromatic nitrogens is 1. The van der Waals surface area contributed by atoms with E-state index < -0.39 is 0 Å². The van der Waals surface area contributed by atoms with Crippen molar-refractivity contribution < 1.29 is 10.2 Å². The van der Waals surface area contributed by atoms with E-state index in [1.807, 2.05) is 6.07 Å². The van der Waals surface area contributed by atoms with E-state index in [1.165, 1.54) is 43.4 Å². The highest BCUT2D eigenvalue weighted by Crippen LogP contribution is 2.35. The summed E-state index contributed by atoms with van der Waals surface area (Å²) in [5, 5.41) is 14.7. The molecule has 0 aliphatic heterocycles. The number of hydrogen-bond donors (Lipinski definition) is 2. The Morgan fingerprint density at radius 2 is 2.17 bits per heavy atom. The minimum Gasteiger partial charge on any atom is -0.353 e. The van der Waals surface area contributed by atoms with Crippen LogP contribution >= 0.6 is 0 Å². The van der Waals surface area contributed by atoms with Crippen molar-refractivity contribution in [1.29, 1.82) is 0 Å². The average Bonchev–Trinajstić information content (AvgIpc) is 3.11. The van der Waals surface area contributed by atoms with Crippen molar-refractivity contribution in [2.24, 2.45) is 5.92 Å². The summed E-state index contributed by atoms with van der Waals surface area (Å²) in [6, 6.07) is 6.43. The van der Waals surface area contributed by atoms with E-state index in [2.05, 4.69) is 17.2 Å². The molecule has 4 rings (SSSR count). The summed E-state index contributed by atoms with van der Waals surface area (Å²) in [6.07, 6.45) is 7.39. The van der Waals surface area contributed by atoms with E-state index in [4.69, 9.17) is 0 Å². The second kappa shape index (κ2) is 5.64. The number of aromatic amines is 1. The monoisotopic (exact) mass is 314 g/mol. The van der Waals surface area contributed by atoms with Gasteiger partial charge in [-0.3, -0.25) is 10.1 Å². The van der Waals surface area contributed by atoms with Crippen molar-refractivity contribution in [3.8, 4) is 0 Å². The fraction of sp³-hybridized carbons (Fsp3) is 0.556. The third-order valence-electron chi connectivity index (χ3n) is 5.69. The Labute approximate surface area is 135 Å². The minimum atomic E-state index is -0.300. The average molecular weight is 314 g/mol.